The van der Waals surface area contributed by atoms with Crippen LogP contribution >= 0.6 is 0 Å². The van der Waals surface area contributed by atoms with E-state index < -0.39 is 0 Å². The summed E-state index contributed by atoms with van der Waals surface area (Å²) in [4.78, 5) is 14.1. The summed E-state index contributed by atoms with van der Waals surface area (Å²) in [5.74, 6) is 0.975. The molecule has 0 saturated heterocycles. The number of hydrogen-bond donors (Lipinski definition) is 1. The van der Waals surface area contributed by atoms with E-state index in [-0.39, 0.29) is 11.0 Å². The quantitative estimate of drug-likeness (QED) is 0.220. The van der Waals surface area contributed by atoms with Crippen molar-refractivity contribution in [2.24, 2.45) is 0 Å². The van der Waals surface area contributed by atoms with Gasteiger partial charge in [0.25, 0.3) is 0 Å². The molecule has 5 aromatic carbocycles. The first-order chi connectivity index (χ1) is 22.1. The Hall–Kier alpha value is -5.22. The van der Waals surface area contributed by atoms with E-state index in [2.05, 4.69) is 148 Å². The molecule has 0 bridgehead atoms. The van der Waals surface area contributed by atoms with Gasteiger partial charge in [-0.2, -0.15) is 0 Å². The summed E-state index contributed by atoms with van der Waals surface area (Å²) in [7, 11) is 0. The van der Waals surface area contributed by atoms with Crippen molar-refractivity contribution in [3.05, 3.63) is 121 Å². The molecular weight excluding hydrogens is 560 g/mol. The minimum atomic E-state index is -0.226. The maximum Gasteiger partial charge on any atom is 0.143 e. The minimum absolute atomic E-state index is 0.0319. The molecule has 3 heterocycles. The van der Waals surface area contributed by atoms with Crippen molar-refractivity contribution in [3.8, 4) is 33.8 Å². The monoisotopic (exact) mass is 598 g/mol. The number of H-pyrrole nitrogens is 1. The normalized spacial score (nSPS) is 12.6. The van der Waals surface area contributed by atoms with Crippen LogP contribution in [0.5, 0.6) is 0 Å². The molecular formula is C42H38N4. The predicted molar refractivity (Wildman–Crippen MR) is 194 cm³/mol. The first-order valence-electron chi connectivity index (χ1n) is 16.1. The van der Waals surface area contributed by atoms with Gasteiger partial charge in [0, 0.05) is 44.7 Å². The second-order valence-electron chi connectivity index (χ2n) is 14.4. The summed E-state index contributed by atoms with van der Waals surface area (Å²) >= 11 is 0. The van der Waals surface area contributed by atoms with E-state index in [9.17, 15) is 0 Å². The van der Waals surface area contributed by atoms with Crippen LogP contribution in [0, 0.1) is 0 Å². The van der Waals surface area contributed by atoms with Crippen molar-refractivity contribution >= 4 is 43.6 Å². The van der Waals surface area contributed by atoms with Crippen LogP contribution in [0.2, 0.25) is 0 Å². The molecule has 0 saturated carbocycles. The Morgan fingerprint density at radius 3 is 2.15 bits per heavy atom. The molecule has 8 aromatic rings. The average molecular weight is 599 g/mol. The number of imidazole rings is 1. The molecule has 0 fully saturated rings. The molecule has 0 unspecified atom stereocenters. The third-order valence-electron chi connectivity index (χ3n) is 9.19. The number of aromatic amines is 1. The molecule has 0 radical (unpaired) electrons. The molecule has 0 amide bonds. The highest BCUT2D eigenvalue weighted by molar-refractivity contribution is 6.13. The van der Waals surface area contributed by atoms with Crippen molar-refractivity contribution in [2.45, 2.75) is 52.5 Å². The van der Waals surface area contributed by atoms with Crippen molar-refractivity contribution in [1.82, 2.24) is 19.5 Å². The summed E-state index contributed by atoms with van der Waals surface area (Å²) in [6, 6.07) is 39.2. The third-order valence-corrected chi connectivity index (χ3v) is 9.19. The van der Waals surface area contributed by atoms with E-state index in [0.29, 0.717) is 0 Å². The van der Waals surface area contributed by atoms with Gasteiger partial charge in [-0.1, -0.05) is 81.4 Å². The van der Waals surface area contributed by atoms with Crippen LogP contribution in [0.1, 0.15) is 47.1 Å². The van der Waals surface area contributed by atoms with E-state index in [0.717, 1.165) is 55.8 Å². The second kappa shape index (κ2) is 10.1. The van der Waals surface area contributed by atoms with Gasteiger partial charge in [-0.05, 0) is 96.6 Å². The fourth-order valence-corrected chi connectivity index (χ4v) is 6.95. The molecule has 0 spiro atoms. The Balaban J connectivity index is 1.47. The minimum Gasteiger partial charge on any atom is -0.354 e. The number of nitrogens with one attached hydrogen (secondary N) is 1. The van der Waals surface area contributed by atoms with E-state index in [1.165, 1.54) is 27.1 Å². The molecule has 3 aromatic heterocycles. The van der Waals surface area contributed by atoms with Gasteiger partial charge in [0.1, 0.15) is 5.82 Å². The lowest BCUT2D eigenvalue weighted by atomic mass is 9.85. The largest absolute Gasteiger partial charge is 0.354 e. The predicted octanol–water partition coefficient (Wildman–Crippen LogP) is 11.3. The average Bonchev–Trinajstić information content (AvgIpc) is 3.63. The number of aromatic nitrogens is 4. The number of benzene rings is 5. The number of fused-ring (bicyclic) bond motifs is 5. The van der Waals surface area contributed by atoms with Crippen molar-refractivity contribution in [2.75, 3.05) is 0 Å². The fraction of sp³-hybridized carbons (Fsp3) is 0.190. The van der Waals surface area contributed by atoms with Crippen LogP contribution in [0.25, 0.3) is 77.4 Å². The summed E-state index contributed by atoms with van der Waals surface area (Å²) < 4.78 is 2.43. The molecule has 0 atom stereocenters. The molecule has 0 aliphatic carbocycles. The second-order valence-corrected chi connectivity index (χ2v) is 14.4. The Kier molecular flexibility index (Phi) is 6.24. The van der Waals surface area contributed by atoms with Gasteiger partial charge in [0.2, 0.25) is 0 Å². The van der Waals surface area contributed by atoms with E-state index >= 15 is 0 Å². The van der Waals surface area contributed by atoms with Crippen molar-refractivity contribution in [3.63, 3.8) is 0 Å². The SMILES string of the molecule is CC(C)(C)c1cc(-c2nc3c(-c4cc(-c5ccccn5)cc5ccccc45)cccc3n2C(C)(C)C)c2[nH]c3ccccc3c2c1. The van der Waals surface area contributed by atoms with E-state index in [4.69, 9.17) is 9.97 Å². The highest BCUT2D eigenvalue weighted by atomic mass is 15.1. The van der Waals surface area contributed by atoms with Gasteiger partial charge in [-0.25, -0.2) is 4.98 Å². The standard InChI is InChI=1S/C42H38N4/c1-41(2,3)28-24-33-30-16-9-10-19-36(30)44-38(33)34(25-28)40-45-39-31(17-13-20-37(39)46(40)42(4,5)6)32-23-27(35-18-11-12-21-43-35)22-26-14-7-8-15-29(26)32/h7-25,44H,1-6H3. The molecule has 0 aliphatic heterocycles. The van der Waals surface area contributed by atoms with Crippen LogP contribution < -0.4 is 0 Å². The van der Waals surface area contributed by atoms with Crippen LogP contribution in [-0.4, -0.2) is 19.5 Å². The third kappa shape index (κ3) is 4.51. The number of rotatable bonds is 3. The Bertz CT molecular complexity index is 2430. The summed E-state index contributed by atoms with van der Waals surface area (Å²) in [5.41, 5.74) is 10.9. The van der Waals surface area contributed by atoms with Gasteiger partial charge in [-0.3, -0.25) is 4.98 Å². The molecule has 46 heavy (non-hydrogen) atoms. The maximum atomic E-state index is 5.61. The first-order valence-corrected chi connectivity index (χ1v) is 16.1. The molecule has 1 N–H and O–H groups in total. The lowest BCUT2D eigenvalue weighted by molar-refractivity contribution is 0.413. The Morgan fingerprint density at radius 1 is 0.630 bits per heavy atom. The topological polar surface area (TPSA) is 46.5 Å². The van der Waals surface area contributed by atoms with Gasteiger partial charge in [-0.15, -0.1) is 0 Å². The van der Waals surface area contributed by atoms with Crippen LogP contribution in [0.4, 0.5) is 0 Å². The van der Waals surface area contributed by atoms with Crippen molar-refractivity contribution in [1.29, 1.82) is 0 Å². The number of hydrogen-bond acceptors (Lipinski definition) is 2. The van der Waals surface area contributed by atoms with Crippen LogP contribution in [-0.2, 0) is 11.0 Å². The lowest BCUT2D eigenvalue weighted by Crippen LogP contribution is -2.23. The van der Waals surface area contributed by atoms with Gasteiger partial charge >= 0.3 is 0 Å². The first kappa shape index (κ1) is 28.3. The smallest absolute Gasteiger partial charge is 0.143 e. The van der Waals surface area contributed by atoms with Crippen LogP contribution in [0.15, 0.2) is 115 Å². The number of pyridine rings is 1. The maximum absolute atomic E-state index is 5.61. The summed E-state index contributed by atoms with van der Waals surface area (Å²) in [5, 5.41) is 4.86. The zero-order valence-electron chi connectivity index (χ0n) is 27.3. The van der Waals surface area contributed by atoms with Gasteiger partial charge in [0.15, 0.2) is 0 Å². The van der Waals surface area contributed by atoms with Crippen molar-refractivity contribution < 1.29 is 0 Å². The molecule has 226 valence electrons. The highest BCUT2D eigenvalue weighted by Gasteiger charge is 2.28. The Morgan fingerprint density at radius 2 is 1.39 bits per heavy atom. The van der Waals surface area contributed by atoms with Gasteiger partial charge in [0.05, 0.1) is 22.2 Å². The van der Waals surface area contributed by atoms with E-state index in [1.807, 2.05) is 18.3 Å². The Labute approximate surface area is 269 Å². The lowest BCUT2D eigenvalue weighted by Gasteiger charge is -2.26. The zero-order valence-corrected chi connectivity index (χ0v) is 27.3. The number of para-hydroxylation sites is 2. The fourth-order valence-electron chi connectivity index (χ4n) is 6.95. The van der Waals surface area contributed by atoms with E-state index in [1.54, 1.807) is 0 Å². The highest BCUT2D eigenvalue weighted by Crippen LogP contribution is 2.43. The summed E-state index contributed by atoms with van der Waals surface area (Å²) in [6.07, 6.45) is 1.86. The summed E-state index contributed by atoms with van der Waals surface area (Å²) in [6.45, 7) is 13.7. The molecule has 4 nitrogen and oxygen atoms in total. The van der Waals surface area contributed by atoms with Gasteiger partial charge < -0.3 is 9.55 Å². The van der Waals surface area contributed by atoms with Crippen LogP contribution in [0.3, 0.4) is 0 Å². The molecule has 8 rings (SSSR count). The zero-order chi connectivity index (χ0) is 31.8. The molecule has 4 heteroatoms. The number of nitrogens with zero attached hydrogens (tertiary/aromatic N) is 3. The molecule has 0 aliphatic rings.